The maximum Gasteiger partial charge on any atom is 0.282 e. The number of aromatic nitrogens is 1. The molecule has 1 amide bonds. The standard InChI is InChI=1S/C17H23ClN4O/c1-4-22-15-6-5-13(18)11-14(15)12(2)16(22)17(23)19-21-9-7-20(3)8-10-21/h5-6,11H,4,7-10H2,1-3H3,(H,19,23). The Morgan fingerprint density at radius 1 is 1.26 bits per heavy atom. The zero-order valence-electron chi connectivity index (χ0n) is 13.9. The Labute approximate surface area is 141 Å². The molecule has 1 aromatic heterocycles. The minimum absolute atomic E-state index is 0.0405. The number of carbonyl (C=O) groups excluding carboxylic acids is 1. The van der Waals surface area contributed by atoms with E-state index < -0.39 is 0 Å². The molecule has 0 aliphatic carbocycles. The minimum atomic E-state index is -0.0405. The van der Waals surface area contributed by atoms with Gasteiger partial charge in [-0.1, -0.05) is 11.6 Å². The summed E-state index contributed by atoms with van der Waals surface area (Å²) < 4.78 is 2.06. The summed E-state index contributed by atoms with van der Waals surface area (Å²) in [6, 6.07) is 5.80. The number of piperazine rings is 1. The number of halogens is 1. The normalized spacial score (nSPS) is 16.9. The van der Waals surface area contributed by atoms with Gasteiger partial charge in [0.1, 0.15) is 5.69 Å². The van der Waals surface area contributed by atoms with E-state index in [9.17, 15) is 4.79 Å². The monoisotopic (exact) mass is 334 g/mol. The van der Waals surface area contributed by atoms with Gasteiger partial charge in [0.15, 0.2) is 0 Å². The smallest absolute Gasteiger partial charge is 0.282 e. The van der Waals surface area contributed by atoms with Crippen LogP contribution in [0.2, 0.25) is 5.02 Å². The first-order chi connectivity index (χ1) is 11.0. The largest absolute Gasteiger partial charge is 0.337 e. The van der Waals surface area contributed by atoms with E-state index in [4.69, 9.17) is 11.6 Å². The summed E-state index contributed by atoms with van der Waals surface area (Å²) in [6.45, 7) is 8.41. The average Bonchev–Trinajstić information content (AvgIpc) is 2.81. The number of carbonyl (C=O) groups is 1. The summed E-state index contributed by atoms with van der Waals surface area (Å²) in [5, 5.41) is 3.75. The predicted molar refractivity (Wildman–Crippen MR) is 93.9 cm³/mol. The number of hydrogen-bond acceptors (Lipinski definition) is 3. The lowest BCUT2D eigenvalue weighted by Gasteiger charge is -2.32. The van der Waals surface area contributed by atoms with E-state index in [0.717, 1.165) is 54.9 Å². The molecule has 0 saturated carbocycles. The second-order valence-electron chi connectivity index (χ2n) is 6.11. The van der Waals surface area contributed by atoms with E-state index in [1.54, 1.807) is 0 Å². The topological polar surface area (TPSA) is 40.5 Å². The highest BCUT2D eigenvalue weighted by atomic mass is 35.5. The van der Waals surface area contributed by atoms with Gasteiger partial charge in [-0.05, 0) is 44.7 Å². The highest BCUT2D eigenvalue weighted by Crippen LogP contribution is 2.28. The number of likely N-dealkylation sites (N-methyl/N-ethyl adjacent to an activating group) is 1. The number of benzene rings is 1. The number of aryl methyl sites for hydroxylation is 2. The van der Waals surface area contributed by atoms with Gasteiger partial charge < -0.3 is 9.47 Å². The highest BCUT2D eigenvalue weighted by molar-refractivity contribution is 6.31. The molecule has 23 heavy (non-hydrogen) atoms. The van der Waals surface area contributed by atoms with Gasteiger partial charge in [0.2, 0.25) is 0 Å². The predicted octanol–water partition coefficient (Wildman–Crippen LogP) is 2.52. The van der Waals surface area contributed by atoms with Crippen LogP contribution >= 0.6 is 11.6 Å². The molecule has 0 atom stereocenters. The van der Waals surface area contributed by atoms with Gasteiger partial charge in [-0.25, -0.2) is 5.01 Å². The van der Waals surface area contributed by atoms with Crippen LogP contribution < -0.4 is 5.43 Å². The maximum atomic E-state index is 12.8. The van der Waals surface area contributed by atoms with Crippen molar-refractivity contribution >= 4 is 28.4 Å². The van der Waals surface area contributed by atoms with Crippen molar-refractivity contribution in [1.29, 1.82) is 0 Å². The lowest BCUT2D eigenvalue weighted by Crippen LogP contribution is -2.52. The first-order valence-corrected chi connectivity index (χ1v) is 8.42. The summed E-state index contributed by atoms with van der Waals surface area (Å²) in [7, 11) is 2.10. The second kappa shape index (κ2) is 6.51. The van der Waals surface area contributed by atoms with E-state index in [1.807, 2.05) is 30.1 Å². The number of fused-ring (bicyclic) bond motifs is 1. The Balaban J connectivity index is 1.92. The zero-order valence-corrected chi connectivity index (χ0v) is 14.7. The average molecular weight is 335 g/mol. The van der Waals surface area contributed by atoms with Crippen LogP contribution in [0.5, 0.6) is 0 Å². The Bertz CT molecular complexity index is 732. The van der Waals surface area contributed by atoms with Gasteiger partial charge in [-0.2, -0.15) is 0 Å². The van der Waals surface area contributed by atoms with Gasteiger partial charge in [-0.3, -0.25) is 10.2 Å². The van der Waals surface area contributed by atoms with Gasteiger partial charge >= 0.3 is 0 Å². The molecule has 1 fully saturated rings. The fourth-order valence-electron chi connectivity index (χ4n) is 3.23. The Kier molecular flexibility index (Phi) is 4.62. The van der Waals surface area contributed by atoms with Crippen LogP contribution in [-0.4, -0.2) is 53.6 Å². The zero-order chi connectivity index (χ0) is 16.6. The van der Waals surface area contributed by atoms with E-state index in [2.05, 4.69) is 28.9 Å². The Hall–Kier alpha value is -1.56. The molecule has 1 aliphatic heterocycles. The number of hydrogen-bond donors (Lipinski definition) is 1. The van der Waals surface area contributed by atoms with Crippen molar-refractivity contribution in [1.82, 2.24) is 19.9 Å². The lowest BCUT2D eigenvalue weighted by atomic mass is 10.1. The molecule has 1 saturated heterocycles. The van der Waals surface area contributed by atoms with Gasteiger partial charge in [0.25, 0.3) is 5.91 Å². The molecule has 1 aromatic carbocycles. The van der Waals surface area contributed by atoms with Crippen molar-refractivity contribution < 1.29 is 4.79 Å². The first kappa shape index (κ1) is 16.3. The summed E-state index contributed by atoms with van der Waals surface area (Å²) in [5.41, 5.74) is 5.82. The van der Waals surface area contributed by atoms with Crippen molar-refractivity contribution in [3.8, 4) is 0 Å². The number of nitrogens with one attached hydrogen (secondary N) is 1. The molecule has 6 heteroatoms. The molecule has 0 unspecified atom stereocenters. The summed E-state index contributed by atoms with van der Waals surface area (Å²) >= 11 is 6.12. The number of rotatable bonds is 3. The van der Waals surface area contributed by atoms with Gasteiger partial charge in [-0.15, -0.1) is 0 Å². The molecule has 2 heterocycles. The van der Waals surface area contributed by atoms with E-state index in [1.165, 1.54) is 0 Å². The molecule has 0 radical (unpaired) electrons. The number of hydrazine groups is 1. The quantitative estimate of drug-likeness (QED) is 0.937. The molecule has 1 N–H and O–H groups in total. The number of nitrogens with zero attached hydrogens (tertiary/aromatic N) is 3. The van der Waals surface area contributed by atoms with Crippen LogP contribution in [0.15, 0.2) is 18.2 Å². The SMILES string of the molecule is CCn1c(C(=O)NN2CCN(C)CC2)c(C)c2cc(Cl)ccc21. The van der Waals surface area contributed by atoms with Gasteiger partial charge in [0.05, 0.1) is 0 Å². The van der Waals surface area contributed by atoms with E-state index >= 15 is 0 Å². The van der Waals surface area contributed by atoms with Crippen LogP contribution in [0, 0.1) is 6.92 Å². The molecule has 1 aliphatic rings. The van der Waals surface area contributed by atoms with Crippen molar-refractivity contribution in [2.24, 2.45) is 0 Å². The van der Waals surface area contributed by atoms with Crippen LogP contribution in [0.25, 0.3) is 10.9 Å². The van der Waals surface area contributed by atoms with Crippen molar-refractivity contribution in [2.45, 2.75) is 20.4 Å². The third kappa shape index (κ3) is 3.09. The fourth-order valence-corrected chi connectivity index (χ4v) is 3.40. The molecule has 0 bridgehead atoms. The van der Waals surface area contributed by atoms with Crippen LogP contribution in [0.1, 0.15) is 23.0 Å². The van der Waals surface area contributed by atoms with Gasteiger partial charge in [0, 0.05) is 48.6 Å². The molecule has 124 valence electrons. The Morgan fingerprint density at radius 2 is 1.96 bits per heavy atom. The van der Waals surface area contributed by atoms with Crippen LogP contribution in [-0.2, 0) is 6.54 Å². The molecular weight excluding hydrogens is 312 g/mol. The second-order valence-corrected chi connectivity index (χ2v) is 6.55. The summed E-state index contributed by atoms with van der Waals surface area (Å²) in [6.07, 6.45) is 0. The third-order valence-corrected chi connectivity index (χ3v) is 4.81. The van der Waals surface area contributed by atoms with Crippen molar-refractivity contribution in [3.63, 3.8) is 0 Å². The summed E-state index contributed by atoms with van der Waals surface area (Å²) in [5.74, 6) is -0.0405. The molecule has 0 spiro atoms. The highest BCUT2D eigenvalue weighted by Gasteiger charge is 2.22. The number of amides is 1. The first-order valence-electron chi connectivity index (χ1n) is 8.04. The molecular formula is C17H23ClN4O. The van der Waals surface area contributed by atoms with E-state index in [0.29, 0.717) is 5.02 Å². The van der Waals surface area contributed by atoms with Crippen LogP contribution in [0.4, 0.5) is 0 Å². The third-order valence-electron chi connectivity index (χ3n) is 4.57. The van der Waals surface area contributed by atoms with Crippen molar-refractivity contribution in [2.75, 3.05) is 33.2 Å². The minimum Gasteiger partial charge on any atom is -0.337 e. The maximum absolute atomic E-state index is 12.8. The molecule has 3 rings (SSSR count). The Morgan fingerprint density at radius 3 is 2.61 bits per heavy atom. The molecule has 2 aromatic rings. The summed E-state index contributed by atoms with van der Waals surface area (Å²) in [4.78, 5) is 15.1. The lowest BCUT2D eigenvalue weighted by molar-refractivity contribution is 0.0653. The molecule has 5 nitrogen and oxygen atoms in total. The van der Waals surface area contributed by atoms with Crippen LogP contribution in [0.3, 0.4) is 0 Å². The van der Waals surface area contributed by atoms with Crippen molar-refractivity contribution in [3.05, 3.63) is 34.5 Å². The van der Waals surface area contributed by atoms with E-state index in [-0.39, 0.29) is 5.91 Å². The fraction of sp³-hybridized carbons (Fsp3) is 0.471.